The first-order chi connectivity index (χ1) is 17.8. The van der Waals surface area contributed by atoms with Crippen LogP contribution in [0.15, 0.2) is 84.9 Å². The molecule has 4 nitrogen and oxygen atoms in total. The number of urea groups is 1. The molecule has 0 spiro atoms. The van der Waals surface area contributed by atoms with Crippen LogP contribution in [0, 0.1) is 5.92 Å². The average Bonchev–Trinajstić information content (AvgIpc) is 3.48. The van der Waals surface area contributed by atoms with Gasteiger partial charge in [-0.05, 0) is 79.7 Å². The molecule has 6 rings (SSSR count). The van der Waals surface area contributed by atoms with Crippen molar-refractivity contribution in [3.63, 3.8) is 0 Å². The second-order valence-corrected chi connectivity index (χ2v) is 10.9. The standard InChI is InChI=1S/C32H37N3O/c36-32(34-31(24-9-3-1-4-10-24)25-11-5-2-6-12-25)33-26-17-15-23(16-18-26)21-22-35-29-19-20-30(35)28-14-8-7-13-27(28)29/h1-14,23,26,29-31H,15-22H2,(H2,33,34,36). The summed E-state index contributed by atoms with van der Waals surface area (Å²) < 4.78 is 0. The summed E-state index contributed by atoms with van der Waals surface area (Å²) in [5.41, 5.74) is 5.36. The van der Waals surface area contributed by atoms with Crippen LogP contribution in [0.25, 0.3) is 0 Å². The van der Waals surface area contributed by atoms with E-state index in [1.165, 1.54) is 38.6 Å². The minimum absolute atomic E-state index is 0.0671. The number of fused-ring (bicyclic) bond motifs is 5. The fraction of sp³-hybridized carbons (Fsp3) is 0.406. The van der Waals surface area contributed by atoms with Gasteiger partial charge in [0.25, 0.3) is 0 Å². The van der Waals surface area contributed by atoms with Gasteiger partial charge in [-0.3, -0.25) is 4.90 Å². The molecule has 0 aromatic heterocycles. The van der Waals surface area contributed by atoms with Crippen LogP contribution < -0.4 is 10.6 Å². The smallest absolute Gasteiger partial charge is 0.315 e. The topological polar surface area (TPSA) is 44.4 Å². The number of carbonyl (C=O) groups is 1. The molecule has 186 valence electrons. The van der Waals surface area contributed by atoms with Gasteiger partial charge in [-0.2, -0.15) is 0 Å². The molecule has 2 heterocycles. The summed E-state index contributed by atoms with van der Waals surface area (Å²) in [6.07, 6.45) is 8.49. The van der Waals surface area contributed by atoms with Crippen LogP contribution in [-0.2, 0) is 0 Å². The molecule has 3 aliphatic rings. The number of nitrogens with zero attached hydrogens (tertiary/aromatic N) is 1. The molecule has 2 amide bonds. The zero-order valence-electron chi connectivity index (χ0n) is 21.0. The summed E-state index contributed by atoms with van der Waals surface area (Å²) in [7, 11) is 0. The molecule has 1 saturated heterocycles. The van der Waals surface area contributed by atoms with E-state index in [1.54, 1.807) is 11.1 Å². The SMILES string of the molecule is O=C(NC1CCC(CCN2C3CCC2c2ccccc23)CC1)NC(c1ccccc1)c1ccccc1. The first kappa shape index (κ1) is 23.3. The Morgan fingerprint density at radius 1 is 0.722 bits per heavy atom. The van der Waals surface area contributed by atoms with Gasteiger partial charge in [0.15, 0.2) is 0 Å². The molecule has 3 aromatic carbocycles. The first-order valence-corrected chi connectivity index (χ1v) is 13.8. The van der Waals surface area contributed by atoms with Gasteiger partial charge in [0.2, 0.25) is 0 Å². The van der Waals surface area contributed by atoms with E-state index in [0.29, 0.717) is 12.1 Å². The third-order valence-corrected chi connectivity index (χ3v) is 8.75. The molecule has 0 radical (unpaired) electrons. The Morgan fingerprint density at radius 2 is 1.25 bits per heavy atom. The molecule has 3 aromatic rings. The van der Waals surface area contributed by atoms with E-state index >= 15 is 0 Å². The van der Waals surface area contributed by atoms with E-state index < -0.39 is 0 Å². The van der Waals surface area contributed by atoms with Crippen molar-refractivity contribution in [1.29, 1.82) is 0 Å². The highest BCUT2D eigenvalue weighted by atomic mass is 16.2. The van der Waals surface area contributed by atoms with Gasteiger partial charge >= 0.3 is 6.03 Å². The molecule has 2 aliphatic heterocycles. The summed E-state index contributed by atoms with van der Waals surface area (Å²) in [6.45, 7) is 1.21. The van der Waals surface area contributed by atoms with E-state index in [-0.39, 0.29) is 18.1 Å². The number of hydrogen-bond acceptors (Lipinski definition) is 2. The Morgan fingerprint density at radius 3 is 1.81 bits per heavy atom. The molecule has 4 heteroatoms. The van der Waals surface area contributed by atoms with Gasteiger partial charge in [-0.15, -0.1) is 0 Å². The van der Waals surface area contributed by atoms with Gasteiger partial charge in [-0.25, -0.2) is 4.79 Å². The minimum Gasteiger partial charge on any atom is -0.335 e. The van der Waals surface area contributed by atoms with Crippen LogP contribution in [0.4, 0.5) is 4.79 Å². The molecular weight excluding hydrogens is 442 g/mol. The minimum atomic E-state index is -0.149. The second kappa shape index (κ2) is 10.5. The highest BCUT2D eigenvalue weighted by Gasteiger charge is 2.43. The third kappa shape index (κ3) is 4.79. The Kier molecular flexibility index (Phi) is 6.78. The lowest BCUT2D eigenvalue weighted by Gasteiger charge is -2.31. The van der Waals surface area contributed by atoms with E-state index in [0.717, 1.165) is 29.9 Å². The van der Waals surface area contributed by atoms with Crippen molar-refractivity contribution in [1.82, 2.24) is 15.5 Å². The zero-order valence-corrected chi connectivity index (χ0v) is 21.0. The third-order valence-electron chi connectivity index (χ3n) is 8.75. The predicted molar refractivity (Wildman–Crippen MR) is 145 cm³/mol. The highest BCUT2D eigenvalue weighted by molar-refractivity contribution is 5.75. The van der Waals surface area contributed by atoms with Crippen molar-refractivity contribution < 1.29 is 4.79 Å². The van der Waals surface area contributed by atoms with Crippen molar-refractivity contribution in [2.75, 3.05) is 6.54 Å². The summed E-state index contributed by atoms with van der Waals surface area (Å²) in [6, 6.07) is 30.9. The van der Waals surface area contributed by atoms with Gasteiger partial charge in [0.05, 0.1) is 6.04 Å². The lowest BCUT2D eigenvalue weighted by atomic mass is 9.84. The van der Waals surface area contributed by atoms with Crippen molar-refractivity contribution in [2.45, 2.75) is 69.1 Å². The monoisotopic (exact) mass is 479 g/mol. The van der Waals surface area contributed by atoms with Crippen LogP contribution >= 0.6 is 0 Å². The maximum atomic E-state index is 13.0. The van der Waals surface area contributed by atoms with Crippen molar-refractivity contribution >= 4 is 6.03 Å². The second-order valence-electron chi connectivity index (χ2n) is 10.9. The van der Waals surface area contributed by atoms with E-state index in [4.69, 9.17) is 0 Å². The Bertz CT molecular complexity index is 1090. The van der Waals surface area contributed by atoms with E-state index in [9.17, 15) is 4.79 Å². The molecular formula is C32H37N3O. The van der Waals surface area contributed by atoms with Crippen LogP contribution in [0.2, 0.25) is 0 Å². The first-order valence-electron chi connectivity index (χ1n) is 13.8. The molecule has 2 atom stereocenters. The summed E-state index contributed by atoms with van der Waals surface area (Å²) in [4.78, 5) is 15.8. The van der Waals surface area contributed by atoms with Crippen molar-refractivity contribution in [3.8, 4) is 0 Å². The summed E-state index contributed by atoms with van der Waals surface area (Å²) >= 11 is 0. The Balaban J connectivity index is 0.990. The van der Waals surface area contributed by atoms with Crippen LogP contribution in [0.3, 0.4) is 0 Å². The molecule has 2 fully saturated rings. The number of rotatable bonds is 7. The summed E-state index contributed by atoms with van der Waals surface area (Å²) in [5.74, 6) is 0.774. The number of hydrogen-bond donors (Lipinski definition) is 2. The van der Waals surface area contributed by atoms with Gasteiger partial charge in [0.1, 0.15) is 0 Å². The Labute approximate surface area is 215 Å². The van der Waals surface area contributed by atoms with Crippen molar-refractivity contribution in [2.24, 2.45) is 5.92 Å². The van der Waals surface area contributed by atoms with Crippen LogP contribution in [0.5, 0.6) is 0 Å². The highest BCUT2D eigenvalue weighted by Crippen LogP contribution is 2.53. The van der Waals surface area contributed by atoms with E-state index in [2.05, 4.69) is 64.1 Å². The number of carbonyl (C=O) groups excluding carboxylic acids is 1. The fourth-order valence-electron chi connectivity index (χ4n) is 6.90. The average molecular weight is 480 g/mol. The van der Waals surface area contributed by atoms with Gasteiger partial charge in [-0.1, -0.05) is 84.9 Å². The van der Waals surface area contributed by atoms with Crippen molar-refractivity contribution in [3.05, 3.63) is 107 Å². The fourth-order valence-corrected chi connectivity index (χ4v) is 6.90. The van der Waals surface area contributed by atoms with Gasteiger partial charge in [0, 0.05) is 18.1 Å². The molecule has 36 heavy (non-hydrogen) atoms. The quantitative estimate of drug-likeness (QED) is 0.386. The number of benzene rings is 3. The lowest BCUT2D eigenvalue weighted by Crippen LogP contribution is -2.45. The van der Waals surface area contributed by atoms with E-state index in [1.807, 2.05) is 36.4 Å². The lowest BCUT2D eigenvalue weighted by molar-refractivity contribution is 0.185. The van der Waals surface area contributed by atoms with Crippen LogP contribution in [-0.4, -0.2) is 23.5 Å². The number of amides is 2. The summed E-state index contributed by atoms with van der Waals surface area (Å²) in [5, 5.41) is 6.52. The molecule has 1 aliphatic carbocycles. The van der Waals surface area contributed by atoms with Crippen LogP contribution in [0.1, 0.15) is 85.3 Å². The zero-order chi connectivity index (χ0) is 24.3. The molecule has 2 unspecified atom stereocenters. The molecule has 2 bridgehead atoms. The maximum Gasteiger partial charge on any atom is 0.315 e. The largest absolute Gasteiger partial charge is 0.335 e. The Hall–Kier alpha value is -3.11. The number of nitrogens with one attached hydrogen (secondary N) is 2. The maximum absolute atomic E-state index is 13.0. The molecule has 2 N–H and O–H groups in total. The predicted octanol–water partition coefficient (Wildman–Crippen LogP) is 6.92. The normalized spacial score (nSPS) is 25.0. The van der Waals surface area contributed by atoms with Gasteiger partial charge < -0.3 is 10.6 Å². The molecule has 1 saturated carbocycles.